The Balaban J connectivity index is 1.73. The molecule has 0 aliphatic carbocycles. The normalized spacial score (nSPS) is 10.4. The van der Waals surface area contributed by atoms with Crippen molar-refractivity contribution in [2.24, 2.45) is 0 Å². The van der Waals surface area contributed by atoms with Crippen LogP contribution >= 0.6 is 23.2 Å². The number of nitrogens with one attached hydrogen (secondary N) is 1. The molecule has 0 aromatic heterocycles. The molecule has 0 unspecified atom stereocenters. The molecule has 1 N–H and O–H groups in total. The fourth-order valence-electron chi connectivity index (χ4n) is 2.34. The summed E-state index contributed by atoms with van der Waals surface area (Å²) in [7, 11) is 1.58. The zero-order valence-corrected chi connectivity index (χ0v) is 16.8. The van der Waals surface area contributed by atoms with E-state index >= 15 is 0 Å². The zero-order valence-electron chi connectivity index (χ0n) is 15.3. The first kappa shape index (κ1) is 21.1. The molecule has 0 heterocycles. The van der Waals surface area contributed by atoms with Crippen molar-refractivity contribution in [2.75, 3.05) is 25.5 Å². The summed E-state index contributed by atoms with van der Waals surface area (Å²) in [5, 5.41) is 3.33. The highest BCUT2D eigenvalue weighted by Gasteiger charge is 2.15. The first-order valence-corrected chi connectivity index (χ1v) is 9.29. The summed E-state index contributed by atoms with van der Waals surface area (Å²) in [6.45, 7) is 2.36. The number of amides is 2. The van der Waals surface area contributed by atoms with E-state index in [1.165, 1.54) is 4.90 Å². The Morgan fingerprint density at radius 3 is 2.33 bits per heavy atom. The molecule has 0 bridgehead atoms. The maximum Gasteiger partial charge on any atom is 0.244 e. The van der Waals surface area contributed by atoms with Crippen LogP contribution in [0.4, 0.5) is 5.69 Å². The van der Waals surface area contributed by atoms with Gasteiger partial charge < -0.3 is 15.0 Å². The summed E-state index contributed by atoms with van der Waals surface area (Å²) in [5.41, 5.74) is 1.51. The van der Waals surface area contributed by atoms with Crippen LogP contribution in [0, 0.1) is 6.92 Å². The molecule has 2 amide bonds. The van der Waals surface area contributed by atoms with Gasteiger partial charge in [0.15, 0.2) is 0 Å². The maximum absolute atomic E-state index is 12.2. The molecule has 0 saturated carbocycles. The number of nitrogens with zero attached hydrogens (tertiary/aromatic N) is 1. The number of para-hydroxylation sites is 1. The molecule has 0 radical (unpaired) electrons. The van der Waals surface area contributed by atoms with Gasteiger partial charge in [-0.05, 0) is 37.6 Å². The van der Waals surface area contributed by atoms with E-state index in [-0.39, 0.29) is 18.4 Å². The van der Waals surface area contributed by atoms with E-state index in [1.54, 1.807) is 25.2 Å². The molecular formula is C20H22Cl2N2O3. The maximum atomic E-state index is 12.2. The van der Waals surface area contributed by atoms with Crippen molar-refractivity contribution in [2.45, 2.75) is 19.8 Å². The molecule has 2 aromatic carbocycles. The molecule has 5 nitrogen and oxygen atoms in total. The highest BCUT2D eigenvalue weighted by molar-refractivity contribution is 6.39. The monoisotopic (exact) mass is 408 g/mol. The molecule has 0 saturated heterocycles. The predicted octanol–water partition coefficient (Wildman–Crippen LogP) is 4.56. The largest absolute Gasteiger partial charge is 0.494 e. The molecule has 27 heavy (non-hydrogen) atoms. The highest BCUT2D eigenvalue weighted by atomic mass is 35.5. The topological polar surface area (TPSA) is 58.6 Å². The van der Waals surface area contributed by atoms with Crippen molar-refractivity contribution in [3.05, 3.63) is 58.1 Å². The van der Waals surface area contributed by atoms with Gasteiger partial charge in [-0.15, -0.1) is 0 Å². The van der Waals surface area contributed by atoms with Gasteiger partial charge in [0.2, 0.25) is 11.8 Å². The number of hydrogen-bond donors (Lipinski definition) is 1. The molecule has 0 spiro atoms. The van der Waals surface area contributed by atoms with Gasteiger partial charge in [0.1, 0.15) is 5.75 Å². The number of carbonyl (C=O) groups excluding carboxylic acids is 2. The second-order valence-corrected chi connectivity index (χ2v) is 6.97. The van der Waals surface area contributed by atoms with Gasteiger partial charge in [-0.1, -0.05) is 47.0 Å². The van der Waals surface area contributed by atoms with E-state index in [0.29, 0.717) is 35.2 Å². The molecule has 0 atom stereocenters. The first-order chi connectivity index (χ1) is 12.9. The lowest BCUT2D eigenvalue weighted by molar-refractivity contribution is -0.133. The summed E-state index contributed by atoms with van der Waals surface area (Å²) in [6, 6.07) is 12.7. The minimum atomic E-state index is -0.364. The smallest absolute Gasteiger partial charge is 0.244 e. The van der Waals surface area contributed by atoms with Crippen molar-refractivity contribution >= 4 is 40.7 Å². The van der Waals surface area contributed by atoms with Crippen LogP contribution in [0.2, 0.25) is 10.0 Å². The fourth-order valence-corrected chi connectivity index (χ4v) is 2.83. The lowest BCUT2D eigenvalue weighted by atomic mass is 10.2. The second-order valence-electron chi connectivity index (χ2n) is 6.16. The molecule has 0 aliphatic heterocycles. The molecule has 0 aliphatic rings. The minimum Gasteiger partial charge on any atom is -0.494 e. The van der Waals surface area contributed by atoms with Crippen LogP contribution in [0.3, 0.4) is 0 Å². The molecule has 0 fully saturated rings. The van der Waals surface area contributed by atoms with E-state index < -0.39 is 0 Å². The van der Waals surface area contributed by atoms with Crippen LogP contribution in [0.25, 0.3) is 0 Å². The van der Waals surface area contributed by atoms with Gasteiger partial charge in [0, 0.05) is 13.5 Å². The fraction of sp³-hybridized carbons (Fsp3) is 0.300. The number of hydrogen-bond acceptors (Lipinski definition) is 3. The Labute approximate surface area is 169 Å². The number of ether oxygens (including phenoxy) is 1. The summed E-state index contributed by atoms with van der Waals surface area (Å²) in [6.07, 6.45) is 0.859. The quantitative estimate of drug-likeness (QED) is 0.651. The number of halogens is 2. The Hall–Kier alpha value is -2.24. The van der Waals surface area contributed by atoms with Crippen LogP contribution < -0.4 is 10.1 Å². The zero-order chi connectivity index (χ0) is 19.8. The average molecular weight is 409 g/mol. The van der Waals surface area contributed by atoms with Crippen LogP contribution in [0.15, 0.2) is 42.5 Å². The van der Waals surface area contributed by atoms with Crippen LogP contribution in [-0.4, -0.2) is 36.9 Å². The van der Waals surface area contributed by atoms with Crippen molar-refractivity contribution in [3.63, 3.8) is 0 Å². The number of aryl methyl sites for hydroxylation is 1. The molecule has 7 heteroatoms. The standard InChI is InChI=1S/C20H22Cl2N2O3/c1-14-8-10-15(11-9-14)27-12-4-7-19(26)24(2)13-18(25)23-20-16(21)5-3-6-17(20)22/h3,5-6,8-11H,4,7,12-13H2,1-2H3,(H,23,25). The number of benzene rings is 2. The van der Waals surface area contributed by atoms with Gasteiger partial charge in [0.25, 0.3) is 0 Å². The van der Waals surface area contributed by atoms with E-state index in [2.05, 4.69) is 5.32 Å². The lowest BCUT2D eigenvalue weighted by Gasteiger charge is -2.17. The third kappa shape index (κ3) is 6.77. The Bertz CT molecular complexity index is 774. The minimum absolute atomic E-state index is 0.0841. The Morgan fingerprint density at radius 2 is 1.70 bits per heavy atom. The van der Waals surface area contributed by atoms with Crippen molar-refractivity contribution in [1.82, 2.24) is 4.90 Å². The van der Waals surface area contributed by atoms with Crippen molar-refractivity contribution in [1.29, 1.82) is 0 Å². The molecular weight excluding hydrogens is 387 g/mol. The van der Waals surface area contributed by atoms with Gasteiger partial charge in [0.05, 0.1) is 28.9 Å². The third-order valence-electron chi connectivity index (χ3n) is 3.86. The predicted molar refractivity (Wildman–Crippen MR) is 109 cm³/mol. The Morgan fingerprint density at radius 1 is 1.07 bits per heavy atom. The van der Waals surface area contributed by atoms with Gasteiger partial charge in [-0.2, -0.15) is 0 Å². The van der Waals surface area contributed by atoms with E-state index in [0.717, 1.165) is 11.3 Å². The van der Waals surface area contributed by atoms with Gasteiger partial charge >= 0.3 is 0 Å². The van der Waals surface area contributed by atoms with E-state index in [9.17, 15) is 9.59 Å². The van der Waals surface area contributed by atoms with Gasteiger partial charge in [-0.3, -0.25) is 9.59 Å². The lowest BCUT2D eigenvalue weighted by Crippen LogP contribution is -2.35. The second kappa shape index (κ2) is 10.2. The number of rotatable bonds is 8. The SMILES string of the molecule is Cc1ccc(OCCCC(=O)N(C)CC(=O)Nc2c(Cl)cccc2Cl)cc1. The molecule has 144 valence electrons. The van der Waals surface area contributed by atoms with E-state index in [4.69, 9.17) is 27.9 Å². The average Bonchev–Trinajstić information content (AvgIpc) is 2.63. The summed E-state index contributed by atoms with van der Waals surface area (Å²) < 4.78 is 5.60. The highest BCUT2D eigenvalue weighted by Crippen LogP contribution is 2.29. The van der Waals surface area contributed by atoms with Gasteiger partial charge in [-0.25, -0.2) is 0 Å². The van der Waals surface area contributed by atoms with E-state index in [1.807, 2.05) is 31.2 Å². The molecule has 2 aromatic rings. The summed E-state index contributed by atoms with van der Waals surface area (Å²) in [4.78, 5) is 25.7. The summed E-state index contributed by atoms with van der Waals surface area (Å²) in [5.74, 6) is 0.275. The number of anilines is 1. The third-order valence-corrected chi connectivity index (χ3v) is 4.49. The molecule has 2 rings (SSSR count). The van der Waals surface area contributed by atoms with Crippen LogP contribution in [-0.2, 0) is 9.59 Å². The Kier molecular flexibility index (Phi) is 7.95. The van der Waals surface area contributed by atoms with Crippen molar-refractivity contribution < 1.29 is 14.3 Å². The first-order valence-electron chi connectivity index (χ1n) is 8.54. The van der Waals surface area contributed by atoms with Crippen LogP contribution in [0.5, 0.6) is 5.75 Å². The van der Waals surface area contributed by atoms with Crippen LogP contribution in [0.1, 0.15) is 18.4 Å². The van der Waals surface area contributed by atoms with Crippen molar-refractivity contribution in [3.8, 4) is 5.75 Å². The summed E-state index contributed by atoms with van der Waals surface area (Å²) >= 11 is 12.0. The number of likely N-dealkylation sites (N-methyl/N-ethyl adjacent to an activating group) is 1. The number of carbonyl (C=O) groups is 2.